The monoisotopic (exact) mass is 267 g/mol. The van der Waals surface area contributed by atoms with Gasteiger partial charge in [0.2, 0.25) is 0 Å². The summed E-state index contributed by atoms with van der Waals surface area (Å²) in [5, 5.41) is 3.26. The number of hydrogen-bond acceptors (Lipinski definition) is 3. The summed E-state index contributed by atoms with van der Waals surface area (Å²) in [4.78, 5) is 0. The fourth-order valence-electron chi connectivity index (χ4n) is 2.61. The summed E-state index contributed by atoms with van der Waals surface area (Å²) in [5.74, 6) is 0. The van der Waals surface area contributed by atoms with Gasteiger partial charge in [0.15, 0.2) is 0 Å². The minimum atomic E-state index is -3.39. The third kappa shape index (κ3) is 2.11. The molecule has 0 radical (unpaired) electrons. The molecule has 1 unspecified atom stereocenters. The van der Waals surface area contributed by atoms with Crippen molar-refractivity contribution in [2.75, 3.05) is 17.8 Å². The van der Waals surface area contributed by atoms with Crippen LogP contribution in [0.25, 0.3) is 0 Å². The summed E-state index contributed by atoms with van der Waals surface area (Å²) in [6, 6.07) is 7.63. The molecule has 5 nitrogen and oxygen atoms in total. The summed E-state index contributed by atoms with van der Waals surface area (Å²) in [5.41, 5.74) is 1.75. The highest BCUT2D eigenvalue weighted by atomic mass is 32.2. The molecule has 0 saturated carbocycles. The Morgan fingerprint density at radius 1 is 1.28 bits per heavy atom. The second-order valence-electron chi connectivity index (χ2n) is 4.81. The van der Waals surface area contributed by atoms with Crippen LogP contribution in [0.4, 0.5) is 5.69 Å². The number of nitrogens with one attached hydrogen (secondary N) is 2. The predicted molar refractivity (Wildman–Crippen MR) is 70.4 cm³/mol. The second kappa shape index (κ2) is 4.53. The lowest BCUT2D eigenvalue weighted by Gasteiger charge is -2.37. The van der Waals surface area contributed by atoms with Crippen LogP contribution in [0.1, 0.15) is 18.4 Å². The predicted octanol–water partition coefficient (Wildman–Crippen LogP) is 0.911. The van der Waals surface area contributed by atoms with Crippen LogP contribution in [0.3, 0.4) is 0 Å². The van der Waals surface area contributed by atoms with E-state index in [0.29, 0.717) is 12.2 Å². The van der Waals surface area contributed by atoms with Crippen LogP contribution >= 0.6 is 0 Å². The number of anilines is 1. The molecular weight excluding hydrogens is 250 g/mol. The molecule has 0 spiro atoms. The van der Waals surface area contributed by atoms with Crippen molar-refractivity contribution in [2.45, 2.75) is 25.4 Å². The summed E-state index contributed by atoms with van der Waals surface area (Å²) < 4.78 is 28.7. The molecule has 2 aliphatic rings. The number of piperidine rings is 1. The topological polar surface area (TPSA) is 61.4 Å². The molecule has 0 amide bonds. The molecule has 0 aliphatic carbocycles. The van der Waals surface area contributed by atoms with Crippen LogP contribution in [-0.2, 0) is 16.8 Å². The van der Waals surface area contributed by atoms with E-state index in [0.717, 1.165) is 31.5 Å². The Bertz CT molecular complexity index is 538. The van der Waals surface area contributed by atoms with Crippen molar-refractivity contribution in [2.24, 2.45) is 0 Å². The number of hydrogen-bond donors (Lipinski definition) is 2. The van der Waals surface area contributed by atoms with E-state index in [9.17, 15) is 8.42 Å². The largest absolute Gasteiger partial charge is 0.315 e. The number of para-hydroxylation sites is 1. The fourth-order valence-corrected chi connectivity index (χ4v) is 4.09. The van der Waals surface area contributed by atoms with E-state index in [1.807, 2.05) is 24.3 Å². The molecular formula is C12H17N3O2S. The van der Waals surface area contributed by atoms with Gasteiger partial charge in [-0.1, -0.05) is 18.2 Å². The maximum Gasteiger partial charge on any atom is 0.302 e. The van der Waals surface area contributed by atoms with Gasteiger partial charge < -0.3 is 5.32 Å². The van der Waals surface area contributed by atoms with Crippen LogP contribution in [-0.4, -0.2) is 31.9 Å². The van der Waals surface area contributed by atoms with Gasteiger partial charge in [-0.15, -0.1) is 0 Å². The van der Waals surface area contributed by atoms with Crippen LogP contribution in [0.15, 0.2) is 24.3 Å². The quantitative estimate of drug-likeness (QED) is 0.795. The van der Waals surface area contributed by atoms with Gasteiger partial charge in [0.05, 0.1) is 5.69 Å². The maximum atomic E-state index is 12.2. The number of nitrogens with zero attached hydrogens (tertiary/aromatic N) is 1. The molecule has 2 heterocycles. The molecule has 1 saturated heterocycles. The van der Waals surface area contributed by atoms with Gasteiger partial charge in [0, 0.05) is 19.1 Å². The van der Waals surface area contributed by atoms with E-state index in [2.05, 4.69) is 10.0 Å². The lowest BCUT2D eigenvalue weighted by atomic mass is 10.1. The average molecular weight is 267 g/mol. The molecule has 1 atom stereocenters. The molecule has 98 valence electrons. The zero-order valence-electron chi connectivity index (χ0n) is 10.1. The van der Waals surface area contributed by atoms with Crippen LogP contribution < -0.4 is 10.0 Å². The molecule has 18 heavy (non-hydrogen) atoms. The van der Waals surface area contributed by atoms with E-state index in [1.54, 1.807) is 4.31 Å². The zero-order valence-corrected chi connectivity index (χ0v) is 10.9. The van der Waals surface area contributed by atoms with Crippen LogP contribution in [0.2, 0.25) is 0 Å². The van der Waals surface area contributed by atoms with Crippen molar-refractivity contribution in [1.82, 2.24) is 9.62 Å². The number of rotatable bonds is 1. The van der Waals surface area contributed by atoms with E-state index >= 15 is 0 Å². The first-order valence-electron chi connectivity index (χ1n) is 6.25. The Kier molecular flexibility index (Phi) is 3.01. The molecule has 2 N–H and O–H groups in total. The average Bonchev–Trinajstić information content (AvgIpc) is 2.38. The van der Waals surface area contributed by atoms with Gasteiger partial charge in [-0.25, -0.2) is 0 Å². The van der Waals surface area contributed by atoms with Gasteiger partial charge in [-0.2, -0.15) is 12.7 Å². The van der Waals surface area contributed by atoms with Crippen molar-refractivity contribution in [3.05, 3.63) is 29.8 Å². The first-order chi connectivity index (χ1) is 8.67. The van der Waals surface area contributed by atoms with Gasteiger partial charge in [0.1, 0.15) is 0 Å². The lowest BCUT2D eigenvalue weighted by molar-refractivity contribution is 0.259. The third-order valence-electron chi connectivity index (χ3n) is 3.57. The van der Waals surface area contributed by atoms with E-state index in [-0.39, 0.29) is 6.04 Å². The fraction of sp³-hybridized carbons (Fsp3) is 0.500. The molecule has 1 aromatic carbocycles. The number of fused-ring (bicyclic) bond motifs is 1. The molecule has 2 aliphatic heterocycles. The highest BCUT2D eigenvalue weighted by Gasteiger charge is 2.34. The first-order valence-corrected chi connectivity index (χ1v) is 7.69. The number of benzene rings is 1. The highest BCUT2D eigenvalue weighted by molar-refractivity contribution is 7.90. The smallest absolute Gasteiger partial charge is 0.302 e. The Hall–Kier alpha value is -1.11. The minimum absolute atomic E-state index is 0.0598. The standard InChI is InChI=1S/C12H17N3O2S/c16-18(17)14-12-6-2-1-4-10(12)9-15(18)11-5-3-7-13-8-11/h1-2,4,6,11,13-14H,3,5,7-9H2. The van der Waals surface area contributed by atoms with E-state index in [1.165, 1.54) is 0 Å². The Morgan fingerprint density at radius 3 is 2.89 bits per heavy atom. The minimum Gasteiger partial charge on any atom is -0.315 e. The lowest BCUT2D eigenvalue weighted by Crippen LogP contribution is -2.51. The molecule has 3 rings (SSSR count). The zero-order chi connectivity index (χ0) is 12.6. The molecule has 6 heteroatoms. The van der Waals surface area contributed by atoms with Crippen molar-refractivity contribution in [1.29, 1.82) is 0 Å². The Labute approximate surface area is 107 Å². The van der Waals surface area contributed by atoms with Gasteiger partial charge in [-0.05, 0) is 31.0 Å². The highest BCUT2D eigenvalue weighted by Crippen LogP contribution is 2.28. The molecule has 0 bridgehead atoms. The van der Waals surface area contributed by atoms with Crippen molar-refractivity contribution in [3.8, 4) is 0 Å². The maximum absolute atomic E-state index is 12.2. The van der Waals surface area contributed by atoms with Crippen LogP contribution in [0, 0.1) is 0 Å². The third-order valence-corrected chi connectivity index (χ3v) is 5.09. The molecule has 1 aromatic rings. The molecule has 1 fully saturated rings. The van der Waals surface area contributed by atoms with Crippen molar-refractivity contribution < 1.29 is 8.42 Å². The normalized spacial score (nSPS) is 27.2. The summed E-state index contributed by atoms with van der Waals surface area (Å²) >= 11 is 0. The van der Waals surface area contributed by atoms with E-state index in [4.69, 9.17) is 0 Å². The summed E-state index contributed by atoms with van der Waals surface area (Å²) in [7, 11) is -3.39. The van der Waals surface area contributed by atoms with Crippen molar-refractivity contribution >= 4 is 15.9 Å². The van der Waals surface area contributed by atoms with Gasteiger partial charge in [-0.3, -0.25) is 4.72 Å². The summed E-state index contributed by atoms with van der Waals surface area (Å²) in [6.45, 7) is 2.19. The van der Waals surface area contributed by atoms with Crippen LogP contribution in [0.5, 0.6) is 0 Å². The SMILES string of the molecule is O=S1(=O)Nc2ccccc2CN1C1CCCNC1. The first kappa shape index (κ1) is 12.0. The van der Waals surface area contributed by atoms with Crippen molar-refractivity contribution in [3.63, 3.8) is 0 Å². The van der Waals surface area contributed by atoms with E-state index < -0.39 is 10.2 Å². The Morgan fingerprint density at radius 2 is 2.11 bits per heavy atom. The van der Waals surface area contributed by atoms with Gasteiger partial charge in [0.25, 0.3) is 0 Å². The summed E-state index contributed by atoms with van der Waals surface area (Å²) in [6.07, 6.45) is 1.95. The molecule has 0 aromatic heterocycles. The van der Waals surface area contributed by atoms with Gasteiger partial charge >= 0.3 is 10.2 Å². The Balaban J connectivity index is 1.91. The second-order valence-corrected chi connectivity index (χ2v) is 6.43.